The number of halogens is 1. The summed E-state index contributed by atoms with van der Waals surface area (Å²) in [5, 5.41) is 5.76. The van der Waals surface area contributed by atoms with E-state index < -0.39 is 43.2 Å². The third-order valence-electron chi connectivity index (χ3n) is 3.80. The van der Waals surface area contributed by atoms with Gasteiger partial charge in [-0.05, 0) is 54.1 Å². The number of nitrogen functional groups attached to an aromatic ring is 1. The minimum absolute atomic E-state index is 0.0697. The maximum absolute atomic E-state index is 12.2. The number of rotatable bonds is 9. The topological polar surface area (TPSA) is 238 Å². The van der Waals surface area contributed by atoms with Gasteiger partial charge in [-0.2, -0.15) is 23.4 Å². The summed E-state index contributed by atoms with van der Waals surface area (Å²) in [6.45, 7) is -0.715. The molecule has 0 aliphatic rings. The van der Waals surface area contributed by atoms with Crippen molar-refractivity contribution >= 4 is 71.4 Å². The molecule has 0 aliphatic heterocycles. The van der Waals surface area contributed by atoms with Gasteiger partial charge in [0, 0.05) is 17.1 Å². The number of nitrogens with zero attached hydrogens (tertiary/aromatic N) is 3. The van der Waals surface area contributed by atoms with E-state index in [-0.39, 0.29) is 22.1 Å². The molecule has 0 unspecified atom stereocenters. The highest BCUT2D eigenvalue weighted by Gasteiger charge is 2.16. The first-order valence-electron chi connectivity index (χ1n) is 9.26. The molecule has 2 aromatic carbocycles. The van der Waals surface area contributed by atoms with Crippen molar-refractivity contribution in [2.24, 2.45) is 0 Å². The summed E-state index contributed by atoms with van der Waals surface area (Å²) in [6, 6.07) is 12.5. The van der Waals surface area contributed by atoms with Crippen LogP contribution in [0.2, 0.25) is 5.28 Å². The van der Waals surface area contributed by atoms with Gasteiger partial charge in [0.05, 0.1) is 17.3 Å². The minimum atomic E-state index is -4.71. The lowest BCUT2D eigenvalue weighted by molar-refractivity contribution is 0.284. The second-order valence-corrected chi connectivity index (χ2v) is 10.4. The fraction of sp³-hybridized carbons (Fsp3) is 0.118. The Morgan fingerprint density at radius 1 is 0.917 bits per heavy atom. The molecule has 36 heavy (non-hydrogen) atoms. The molecule has 3 rings (SSSR count). The fourth-order valence-electron chi connectivity index (χ4n) is 2.45. The Balaban J connectivity index is 0.00000106. The average molecular weight is 581 g/mol. The van der Waals surface area contributed by atoms with E-state index in [9.17, 15) is 16.8 Å². The predicted molar refractivity (Wildman–Crippen MR) is 128 cm³/mol. The number of hydrogen-bond donors (Lipinski definition) is 4. The maximum atomic E-state index is 12.2. The van der Waals surface area contributed by atoms with Crippen molar-refractivity contribution in [3.8, 4) is 0 Å². The Labute approximate surface area is 211 Å². The van der Waals surface area contributed by atoms with Crippen molar-refractivity contribution in [1.29, 1.82) is 0 Å². The summed E-state index contributed by atoms with van der Waals surface area (Å²) in [6.07, 6.45) is 0. The van der Waals surface area contributed by atoms with Gasteiger partial charge in [-0.15, -0.1) is 12.6 Å². The van der Waals surface area contributed by atoms with Crippen LogP contribution in [0.5, 0.6) is 0 Å². The van der Waals surface area contributed by atoms with E-state index in [2.05, 4.69) is 29.8 Å². The van der Waals surface area contributed by atoms with Crippen molar-refractivity contribution in [3.63, 3.8) is 0 Å². The predicted octanol–water partition coefficient (Wildman–Crippen LogP) is 1.18. The Morgan fingerprint density at radius 3 is 2.00 bits per heavy atom. The largest absolute Gasteiger partial charge is 0.425 e. The lowest BCUT2D eigenvalue weighted by Gasteiger charge is -2.10. The molecule has 0 atom stereocenters. The third-order valence-corrected chi connectivity index (χ3v) is 6.13. The third kappa shape index (κ3) is 10.5. The number of nitrogens with two attached hydrogens (primary N) is 1. The van der Waals surface area contributed by atoms with Crippen LogP contribution >= 0.6 is 11.6 Å². The summed E-state index contributed by atoms with van der Waals surface area (Å²) in [5.74, 6) is -0.369. The molecule has 0 aliphatic carbocycles. The van der Waals surface area contributed by atoms with Crippen molar-refractivity contribution in [2.75, 3.05) is 28.7 Å². The van der Waals surface area contributed by atoms with E-state index in [0.29, 0.717) is 17.1 Å². The first-order valence-corrected chi connectivity index (χ1v) is 13.7. The first-order chi connectivity index (χ1) is 16.7. The number of benzene rings is 2. The van der Waals surface area contributed by atoms with Crippen LogP contribution in [0.3, 0.4) is 0 Å². The minimum Gasteiger partial charge on any atom is -0.399 e. The number of anilines is 5. The fourth-order valence-corrected chi connectivity index (χ4v) is 4.10. The molecule has 0 spiro atoms. The van der Waals surface area contributed by atoms with Crippen LogP contribution in [-0.2, 0) is 35.0 Å². The first kappa shape index (κ1) is 28.8. The Bertz CT molecular complexity index is 1530. The molecule has 15 nitrogen and oxygen atoms in total. The Hall–Kier alpha value is -3.42. The SMILES string of the molecule is Nc1cccc(Nc2nc(Cl)nc(Nc3ccc(S(=O)(=O)CCOS(=O)(=O)O)cc3)n2)c1.O=S(=O)=O. The van der Waals surface area contributed by atoms with Crippen LogP contribution in [0.4, 0.5) is 29.0 Å². The molecule has 0 fully saturated rings. The zero-order chi connectivity index (χ0) is 26.9. The molecule has 19 heteroatoms. The van der Waals surface area contributed by atoms with E-state index in [4.69, 9.17) is 34.5 Å². The molecule has 3 aromatic rings. The van der Waals surface area contributed by atoms with Crippen molar-refractivity contribution in [2.45, 2.75) is 4.90 Å². The number of sulfone groups is 1. The monoisotopic (exact) mass is 580 g/mol. The van der Waals surface area contributed by atoms with Crippen LogP contribution in [0.1, 0.15) is 0 Å². The van der Waals surface area contributed by atoms with Gasteiger partial charge in [-0.1, -0.05) is 6.07 Å². The van der Waals surface area contributed by atoms with Gasteiger partial charge in [-0.25, -0.2) is 12.6 Å². The molecule has 0 saturated heterocycles. The van der Waals surface area contributed by atoms with Crippen LogP contribution in [0, 0.1) is 0 Å². The van der Waals surface area contributed by atoms with Crippen LogP contribution in [0.15, 0.2) is 53.4 Å². The van der Waals surface area contributed by atoms with Crippen LogP contribution in [0.25, 0.3) is 0 Å². The molecule has 1 aromatic heterocycles. The zero-order valence-corrected chi connectivity index (χ0v) is 21.0. The van der Waals surface area contributed by atoms with Gasteiger partial charge in [0.1, 0.15) is 0 Å². The van der Waals surface area contributed by atoms with Gasteiger partial charge in [-0.3, -0.25) is 4.55 Å². The highest BCUT2D eigenvalue weighted by molar-refractivity contribution is 7.91. The lowest BCUT2D eigenvalue weighted by Crippen LogP contribution is -2.15. The Kier molecular flexibility index (Phi) is 10.0. The number of nitrogens with one attached hydrogen (secondary N) is 2. The van der Waals surface area contributed by atoms with E-state index in [1.807, 2.05) is 0 Å². The van der Waals surface area contributed by atoms with Crippen LogP contribution in [-0.4, -0.2) is 61.3 Å². The zero-order valence-electron chi connectivity index (χ0n) is 17.8. The van der Waals surface area contributed by atoms with Gasteiger partial charge in [0.25, 0.3) is 0 Å². The van der Waals surface area contributed by atoms with Crippen LogP contribution < -0.4 is 16.4 Å². The van der Waals surface area contributed by atoms with Crippen molar-refractivity contribution in [3.05, 3.63) is 53.8 Å². The molecule has 0 saturated carbocycles. The van der Waals surface area contributed by atoms with Gasteiger partial charge < -0.3 is 16.4 Å². The molecular formula is C17H17ClN6O9S3. The summed E-state index contributed by atoms with van der Waals surface area (Å²) >= 11 is 5.96. The van der Waals surface area contributed by atoms with Gasteiger partial charge in [0.15, 0.2) is 9.84 Å². The normalized spacial score (nSPS) is 11.2. The van der Waals surface area contributed by atoms with Crippen molar-refractivity contribution < 1.29 is 38.2 Å². The molecule has 194 valence electrons. The van der Waals surface area contributed by atoms with E-state index in [0.717, 1.165) is 0 Å². The summed E-state index contributed by atoms with van der Waals surface area (Å²) in [7, 11) is -11.7. The molecule has 0 bridgehead atoms. The number of hydrogen-bond acceptors (Lipinski definition) is 14. The summed E-state index contributed by atoms with van der Waals surface area (Å²) < 4.78 is 83.4. The van der Waals surface area contributed by atoms with Gasteiger partial charge in [0.2, 0.25) is 17.2 Å². The summed E-state index contributed by atoms with van der Waals surface area (Å²) in [5.41, 5.74) is 7.39. The Morgan fingerprint density at radius 2 is 1.47 bits per heavy atom. The van der Waals surface area contributed by atoms with Gasteiger partial charge >= 0.3 is 21.0 Å². The van der Waals surface area contributed by atoms with Crippen molar-refractivity contribution in [1.82, 2.24) is 15.0 Å². The average Bonchev–Trinajstić information content (AvgIpc) is 2.72. The highest BCUT2D eigenvalue weighted by atomic mass is 35.5. The summed E-state index contributed by atoms with van der Waals surface area (Å²) in [4.78, 5) is 12.1. The number of aromatic nitrogens is 3. The smallest absolute Gasteiger partial charge is 0.399 e. The molecule has 1 heterocycles. The molecular weight excluding hydrogens is 564 g/mol. The van der Waals surface area contributed by atoms with E-state index >= 15 is 0 Å². The highest BCUT2D eigenvalue weighted by Crippen LogP contribution is 2.21. The molecule has 0 amide bonds. The maximum Gasteiger partial charge on any atom is 0.425 e. The second-order valence-electron chi connectivity index (χ2n) is 6.42. The standard InChI is InChI=1S/C17H17ClN6O6S2.O3S/c18-15-22-16(24-17(23-15)21-13-3-1-2-11(19)10-13)20-12-4-6-14(7-5-12)31(25,26)9-8-30-32(27,28)29;1-4(2)3/h1-7,10H,8-9,19H2,(H,27,28,29)(H2,20,21,22,23,24);. The quantitative estimate of drug-likeness (QED) is 0.205. The van der Waals surface area contributed by atoms with E-state index in [1.165, 1.54) is 24.3 Å². The molecule has 5 N–H and O–H groups in total. The molecule has 0 radical (unpaired) electrons. The second kappa shape index (κ2) is 12.5. The lowest BCUT2D eigenvalue weighted by atomic mass is 10.3. The van der Waals surface area contributed by atoms with E-state index in [1.54, 1.807) is 24.3 Å².